The molecule has 5 heteroatoms. The van der Waals surface area contributed by atoms with Crippen molar-refractivity contribution in [2.75, 3.05) is 33.4 Å². The third-order valence-corrected chi connectivity index (χ3v) is 7.15. The van der Waals surface area contributed by atoms with Crippen LogP contribution >= 0.6 is 0 Å². The molecule has 2 heterocycles. The Bertz CT molecular complexity index is 733. The topological polar surface area (TPSA) is 49.9 Å². The van der Waals surface area contributed by atoms with Gasteiger partial charge >= 0.3 is 0 Å². The van der Waals surface area contributed by atoms with Crippen LogP contribution in [-0.2, 0) is 9.53 Å². The van der Waals surface area contributed by atoms with Gasteiger partial charge in [0.15, 0.2) is 0 Å². The molecule has 0 aromatic heterocycles. The first-order valence-corrected chi connectivity index (χ1v) is 10.8. The van der Waals surface area contributed by atoms with E-state index in [2.05, 4.69) is 11.8 Å². The quantitative estimate of drug-likeness (QED) is 0.799. The minimum Gasteiger partial charge on any atom is -0.383 e. The number of nitrogens with zero attached hydrogens (tertiary/aromatic N) is 2. The highest BCUT2D eigenvalue weighted by Crippen LogP contribution is 2.51. The van der Waals surface area contributed by atoms with E-state index in [4.69, 9.17) is 4.74 Å². The number of carbonyl (C=O) groups excluding carboxylic acids is 2. The van der Waals surface area contributed by atoms with Crippen molar-refractivity contribution in [3.63, 3.8) is 0 Å². The zero-order valence-corrected chi connectivity index (χ0v) is 17.2. The largest absolute Gasteiger partial charge is 0.383 e. The lowest BCUT2D eigenvalue weighted by molar-refractivity contribution is -0.138. The standard InChI is InChI=1S/C23H32N2O3/c1-17-9-13-24(14-10-17)22(27)20-18-7-3-4-8-19(18)21(26)25(15-16-28-2)23(20)11-5-6-12-23/h3-4,7-8,17,20H,5-6,9-16H2,1-2H3/t20-/m0/s1. The Labute approximate surface area is 168 Å². The van der Waals surface area contributed by atoms with E-state index in [9.17, 15) is 9.59 Å². The first kappa shape index (κ1) is 19.4. The molecule has 0 bridgehead atoms. The average molecular weight is 385 g/mol. The van der Waals surface area contributed by atoms with Crippen molar-refractivity contribution >= 4 is 11.8 Å². The number of fused-ring (bicyclic) bond motifs is 1. The van der Waals surface area contributed by atoms with Gasteiger partial charge in [0, 0.05) is 32.3 Å². The Morgan fingerprint density at radius 2 is 1.86 bits per heavy atom. The summed E-state index contributed by atoms with van der Waals surface area (Å²) in [5, 5.41) is 0. The maximum atomic E-state index is 13.9. The average Bonchev–Trinajstić information content (AvgIpc) is 3.18. The second kappa shape index (κ2) is 7.86. The smallest absolute Gasteiger partial charge is 0.254 e. The van der Waals surface area contributed by atoms with Crippen molar-refractivity contribution in [3.05, 3.63) is 35.4 Å². The van der Waals surface area contributed by atoms with Gasteiger partial charge in [0.05, 0.1) is 18.1 Å². The maximum Gasteiger partial charge on any atom is 0.254 e. The minimum absolute atomic E-state index is 0.0610. The van der Waals surface area contributed by atoms with Crippen LogP contribution in [0.25, 0.3) is 0 Å². The molecule has 1 aromatic rings. The van der Waals surface area contributed by atoms with Crippen LogP contribution in [0, 0.1) is 5.92 Å². The minimum atomic E-state index is -0.399. The Morgan fingerprint density at radius 1 is 1.18 bits per heavy atom. The zero-order chi connectivity index (χ0) is 19.7. The van der Waals surface area contributed by atoms with E-state index >= 15 is 0 Å². The van der Waals surface area contributed by atoms with Crippen molar-refractivity contribution in [1.29, 1.82) is 0 Å². The van der Waals surface area contributed by atoms with E-state index in [-0.39, 0.29) is 17.7 Å². The van der Waals surface area contributed by atoms with E-state index in [1.807, 2.05) is 29.2 Å². The lowest BCUT2D eigenvalue weighted by Gasteiger charge is -2.51. The number of benzene rings is 1. The molecule has 1 spiro atoms. The first-order chi connectivity index (χ1) is 13.6. The molecule has 2 fully saturated rings. The monoisotopic (exact) mass is 384 g/mol. The van der Waals surface area contributed by atoms with Crippen LogP contribution in [-0.4, -0.2) is 60.5 Å². The van der Waals surface area contributed by atoms with Crippen LogP contribution < -0.4 is 0 Å². The normalized spacial score (nSPS) is 24.6. The van der Waals surface area contributed by atoms with Crippen LogP contribution in [0.1, 0.15) is 67.3 Å². The number of amides is 2. The fourth-order valence-electron chi connectivity index (χ4n) is 5.56. The van der Waals surface area contributed by atoms with Crippen molar-refractivity contribution in [1.82, 2.24) is 9.80 Å². The van der Waals surface area contributed by atoms with Gasteiger partial charge in [-0.2, -0.15) is 0 Å². The Hall–Kier alpha value is -1.88. The van der Waals surface area contributed by atoms with Crippen LogP contribution in [0.4, 0.5) is 0 Å². The molecule has 2 aliphatic heterocycles. The van der Waals surface area contributed by atoms with Crippen LogP contribution in [0.2, 0.25) is 0 Å². The van der Waals surface area contributed by atoms with Gasteiger partial charge in [-0.25, -0.2) is 0 Å². The molecular formula is C23H32N2O3. The number of hydrogen-bond donors (Lipinski definition) is 0. The summed E-state index contributed by atoms with van der Waals surface area (Å²) >= 11 is 0. The predicted molar refractivity (Wildman–Crippen MR) is 108 cm³/mol. The molecule has 152 valence electrons. The summed E-state index contributed by atoms with van der Waals surface area (Å²) in [4.78, 5) is 31.3. The lowest BCUT2D eigenvalue weighted by atomic mass is 9.70. The van der Waals surface area contributed by atoms with Gasteiger partial charge in [-0.3, -0.25) is 9.59 Å². The fraction of sp³-hybridized carbons (Fsp3) is 0.652. The maximum absolute atomic E-state index is 13.9. The molecule has 1 aromatic carbocycles. The molecular weight excluding hydrogens is 352 g/mol. The highest BCUT2D eigenvalue weighted by molar-refractivity contribution is 6.02. The summed E-state index contributed by atoms with van der Waals surface area (Å²) in [7, 11) is 1.67. The van der Waals surface area contributed by atoms with E-state index in [1.54, 1.807) is 7.11 Å². The van der Waals surface area contributed by atoms with Gasteiger partial charge in [0.2, 0.25) is 5.91 Å². The van der Waals surface area contributed by atoms with E-state index in [0.29, 0.717) is 24.6 Å². The predicted octanol–water partition coefficient (Wildman–Crippen LogP) is 3.44. The van der Waals surface area contributed by atoms with Gasteiger partial charge in [-0.1, -0.05) is 38.0 Å². The Balaban J connectivity index is 1.77. The highest BCUT2D eigenvalue weighted by Gasteiger charge is 2.56. The second-order valence-electron chi connectivity index (χ2n) is 8.79. The van der Waals surface area contributed by atoms with Crippen molar-refractivity contribution in [3.8, 4) is 0 Å². The highest BCUT2D eigenvalue weighted by atomic mass is 16.5. The van der Waals surface area contributed by atoms with Crippen LogP contribution in [0.5, 0.6) is 0 Å². The molecule has 1 saturated carbocycles. The number of methoxy groups -OCH3 is 1. The SMILES string of the molecule is COCCN1C(=O)c2ccccc2[C@@H](C(=O)N2CCC(C)CC2)C12CCCC2. The summed E-state index contributed by atoms with van der Waals surface area (Å²) in [6, 6.07) is 7.77. The van der Waals surface area contributed by atoms with Crippen molar-refractivity contribution in [2.24, 2.45) is 5.92 Å². The summed E-state index contributed by atoms with van der Waals surface area (Å²) in [5.74, 6) is 0.708. The number of hydrogen-bond acceptors (Lipinski definition) is 3. The lowest BCUT2D eigenvalue weighted by Crippen LogP contribution is -2.61. The summed E-state index contributed by atoms with van der Waals surface area (Å²) in [6.07, 6.45) is 6.08. The van der Waals surface area contributed by atoms with Crippen molar-refractivity contribution in [2.45, 2.75) is 56.9 Å². The van der Waals surface area contributed by atoms with Gasteiger partial charge in [0.1, 0.15) is 0 Å². The molecule has 4 rings (SSSR count). The Kier molecular flexibility index (Phi) is 5.46. The molecule has 28 heavy (non-hydrogen) atoms. The Morgan fingerprint density at radius 3 is 2.54 bits per heavy atom. The molecule has 1 atom stereocenters. The number of piperidine rings is 1. The van der Waals surface area contributed by atoms with Gasteiger partial charge in [0.25, 0.3) is 5.91 Å². The first-order valence-electron chi connectivity index (χ1n) is 10.8. The second-order valence-corrected chi connectivity index (χ2v) is 8.79. The summed E-state index contributed by atoms with van der Waals surface area (Å²) in [5.41, 5.74) is 1.23. The summed E-state index contributed by atoms with van der Waals surface area (Å²) < 4.78 is 5.32. The molecule has 1 saturated heterocycles. The molecule has 1 aliphatic carbocycles. The van der Waals surface area contributed by atoms with Gasteiger partial charge in [-0.05, 0) is 43.2 Å². The third kappa shape index (κ3) is 3.14. The third-order valence-electron chi connectivity index (χ3n) is 7.15. The van der Waals surface area contributed by atoms with Crippen LogP contribution in [0.3, 0.4) is 0 Å². The number of carbonyl (C=O) groups is 2. The molecule has 0 unspecified atom stereocenters. The zero-order valence-electron chi connectivity index (χ0n) is 17.2. The number of rotatable bonds is 4. The van der Waals surface area contributed by atoms with Gasteiger partial charge < -0.3 is 14.5 Å². The van der Waals surface area contributed by atoms with E-state index in [1.165, 1.54) is 0 Å². The number of ether oxygens (including phenoxy) is 1. The molecule has 0 radical (unpaired) electrons. The number of likely N-dealkylation sites (tertiary alicyclic amines) is 1. The molecule has 2 amide bonds. The van der Waals surface area contributed by atoms with Gasteiger partial charge in [-0.15, -0.1) is 0 Å². The molecule has 5 nitrogen and oxygen atoms in total. The molecule has 3 aliphatic rings. The fourth-order valence-corrected chi connectivity index (χ4v) is 5.56. The summed E-state index contributed by atoms with van der Waals surface area (Å²) in [6.45, 7) is 4.98. The molecule has 0 N–H and O–H groups in total. The van der Waals surface area contributed by atoms with Crippen molar-refractivity contribution < 1.29 is 14.3 Å². The van der Waals surface area contributed by atoms with E-state index < -0.39 is 5.54 Å². The van der Waals surface area contributed by atoms with Crippen LogP contribution in [0.15, 0.2) is 24.3 Å². The van der Waals surface area contributed by atoms with E-state index in [0.717, 1.165) is 57.2 Å².